The number of amides is 1. The van der Waals surface area contributed by atoms with E-state index in [0.717, 1.165) is 5.56 Å². The van der Waals surface area contributed by atoms with Crippen molar-refractivity contribution in [1.82, 2.24) is 9.62 Å². The number of carbonyl (C=O) groups is 1. The maximum absolute atomic E-state index is 12.0. The van der Waals surface area contributed by atoms with E-state index >= 15 is 0 Å². The summed E-state index contributed by atoms with van der Waals surface area (Å²) in [5.74, 6) is -0.193. The molecule has 1 aromatic rings. The summed E-state index contributed by atoms with van der Waals surface area (Å²) in [6.07, 6.45) is 1.18. The molecule has 0 aliphatic rings. The van der Waals surface area contributed by atoms with Gasteiger partial charge in [-0.15, -0.1) is 0 Å². The van der Waals surface area contributed by atoms with E-state index in [4.69, 9.17) is 0 Å². The average Bonchev–Trinajstić information content (AvgIpc) is 2.31. The zero-order valence-electron chi connectivity index (χ0n) is 13.3. The Bertz CT molecular complexity index is 604. The minimum Gasteiger partial charge on any atom is -0.351 e. The largest absolute Gasteiger partial charge is 0.351 e. The highest BCUT2D eigenvalue weighted by atomic mass is 32.2. The smallest absolute Gasteiger partial charge is 0.251 e. The van der Waals surface area contributed by atoms with Gasteiger partial charge in [0.25, 0.3) is 5.91 Å². The molecule has 0 bridgehead atoms. The monoisotopic (exact) mass is 312 g/mol. The Kier molecular flexibility index (Phi) is 5.53. The molecule has 1 aromatic carbocycles. The Morgan fingerprint density at radius 3 is 2.38 bits per heavy atom. The van der Waals surface area contributed by atoms with Crippen LogP contribution in [0.5, 0.6) is 0 Å². The van der Waals surface area contributed by atoms with Gasteiger partial charge >= 0.3 is 0 Å². The van der Waals surface area contributed by atoms with Crippen molar-refractivity contribution in [3.63, 3.8) is 0 Å². The molecule has 0 aliphatic carbocycles. The summed E-state index contributed by atoms with van der Waals surface area (Å²) in [5.41, 5.74) is 1.08. The minimum atomic E-state index is -3.31. The lowest BCUT2D eigenvalue weighted by Crippen LogP contribution is -2.48. The molecule has 0 saturated carbocycles. The van der Waals surface area contributed by atoms with Gasteiger partial charge in [-0.3, -0.25) is 4.79 Å². The van der Waals surface area contributed by atoms with Crippen LogP contribution < -0.4 is 5.32 Å². The summed E-state index contributed by atoms with van der Waals surface area (Å²) >= 11 is 0. The number of benzene rings is 1. The highest BCUT2D eigenvalue weighted by Crippen LogP contribution is 2.16. The van der Waals surface area contributed by atoms with Crippen molar-refractivity contribution >= 4 is 15.9 Å². The Hall–Kier alpha value is -1.40. The predicted octanol–water partition coefficient (Wildman–Crippen LogP) is 1.78. The van der Waals surface area contributed by atoms with Crippen molar-refractivity contribution in [1.29, 1.82) is 0 Å². The third kappa shape index (κ3) is 5.47. The molecule has 1 N–H and O–H groups in total. The molecular weight excluding hydrogens is 288 g/mol. The van der Waals surface area contributed by atoms with E-state index in [-0.39, 0.29) is 19.0 Å². The van der Waals surface area contributed by atoms with Crippen molar-refractivity contribution < 1.29 is 13.2 Å². The summed E-state index contributed by atoms with van der Waals surface area (Å²) in [6.45, 7) is 7.93. The molecule has 0 unspecified atom stereocenters. The second kappa shape index (κ2) is 6.58. The second-order valence-electron chi connectivity index (χ2n) is 6.13. The van der Waals surface area contributed by atoms with Crippen LogP contribution in [-0.4, -0.2) is 43.5 Å². The van der Waals surface area contributed by atoms with Crippen molar-refractivity contribution in [2.45, 2.75) is 33.2 Å². The summed E-state index contributed by atoms with van der Waals surface area (Å²) in [7, 11) is -3.31. The van der Waals surface area contributed by atoms with Gasteiger partial charge in [-0.25, -0.2) is 8.42 Å². The van der Waals surface area contributed by atoms with Crippen LogP contribution in [0.4, 0.5) is 0 Å². The van der Waals surface area contributed by atoms with Gasteiger partial charge in [0.2, 0.25) is 10.0 Å². The van der Waals surface area contributed by atoms with Crippen molar-refractivity contribution in [3.8, 4) is 0 Å². The van der Waals surface area contributed by atoms with Crippen LogP contribution >= 0.6 is 0 Å². The third-order valence-corrected chi connectivity index (χ3v) is 4.56. The van der Waals surface area contributed by atoms with E-state index in [1.165, 1.54) is 10.6 Å². The lowest BCUT2D eigenvalue weighted by atomic mass is 10.1. The molecule has 0 radical (unpaired) electrons. The average molecular weight is 312 g/mol. The maximum atomic E-state index is 12.0. The van der Waals surface area contributed by atoms with Crippen molar-refractivity contribution in [2.75, 3.05) is 19.3 Å². The molecule has 6 heteroatoms. The molecule has 0 atom stereocenters. The van der Waals surface area contributed by atoms with E-state index in [2.05, 4.69) is 5.32 Å². The van der Waals surface area contributed by atoms with Gasteiger partial charge in [-0.05, 0) is 39.8 Å². The Labute approximate surface area is 127 Å². The van der Waals surface area contributed by atoms with Crippen LogP contribution in [0.1, 0.15) is 36.7 Å². The first-order valence-corrected chi connectivity index (χ1v) is 8.69. The quantitative estimate of drug-likeness (QED) is 0.901. The molecule has 0 fully saturated rings. The van der Waals surface area contributed by atoms with E-state index in [0.29, 0.717) is 5.56 Å². The zero-order chi connectivity index (χ0) is 16.3. The highest BCUT2D eigenvalue weighted by Gasteiger charge is 2.28. The molecule has 5 nitrogen and oxygen atoms in total. The Morgan fingerprint density at radius 1 is 1.29 bits per heavy atom. The number of nitrogens with zero attached hydrogens (tertiary/aromatic N) is 1. The molecule has 1 rings (SSSR count). The van der Waals surface area contributed by atoms with E-state index < -0.39 is 15.6 Å². The third-order valence-electron chi connectivity index (χ3n) is 3.03. The number of rotatable bonds is 5. The van der Waals surface area contributed by atoms with Gasteiger partial charge in [-0.2, -0.15) is 4.31 Å². The van der Waals surface area contributed by atoms with Gasteiger partial charge in [0, 0.05) is 24.2 Å². The molecule has 0 aliphatic heterocycles. The van der Waals surface area contributed by atoms with Gasteiger partial charge in [-0.1, -0.05) is 17.7 Å². The van der Waals surface area contributed by atoms with Crippen LogP contribution in [0.15, 0.2) is 24.3 Å². The first-order chi connectivity index (χ1) is 9.51. The zero-order valence-corrected chi connectivity index (χ0v) is 14.1. The number of aryl methyl sites for hydroxylation is 1. The number of hydrogen-bond donors (Lipinski definition) is 1. The number of hydrogen-bond acceptors (Lipinski definition) is 3. The van der Waals surface area contributed by atoms with Gasteiger partial charge < -0.3 is 5.32 Å². The molecule has 1 amide bonds. The number of nitrogens with one attached hydrogen (secondary N) is 1. The fourth-order valence-electron chi connectivity index (χ4n) is 2.16. The molecule has 0 saturated heterocycles. The lowest BCUT2D eigenvalue weighted by Gasteiger charge is -2.33. The van der Waals surface area contributed by atoms with Gasteiger partial charge in [0.05, 0.1) is 6.26 Å². The van der Waals surface area contributed by atoms with Crippen LogP contribution in [0, 0.1) is 6.92 Å². The molecule has 118 valence electrons. The number of carbonyl (C=O) groups excluding carboxylic acids is 1. The summed E-state index contributed by atoms with van der Waals surface area (Å²) in [5, 5.41) is 2.76. The SMILES string of the molecule is Cc1cccc(C(=O)NCCN(C(C)(C)C)S(C)(=O)=O)c1. The summed E-state index contributed by atoms with van der Waals surface area (Å²) < 4.78 is 24.9. The Morgan fingerprint density at radius 2 is 1.90 bits per heavy atom. The Balaban J connectivity index is 2.65. The van der Waals surface area contributed by atoms with Gasteiger partial charge in [0.15, 0.2) is 0 Å². The van der Waals surface area contributed by atoms with E-state index in [9.17, 15) is 13.2 Å². The minimum absolute atomic E-state index is 0.193. The lowest BCUT2D eigenvalue weighted by molar-refractivity contribution is 0.0948. The maximum Gasteiger partial charge on any atom is 0.251 e. The van der Waals surface area contributed by atoms with E-state index in [1.54, 1.807) is 12.1 Å². The van der Waals surface area contributed by atoms with E-state index in [1.807, 2.05) is 39.8 Å². The van der Waals surface area contributed by atoms with Crippen molar-refractivity contribution in [3.05, 3.63) is 35.4 Å². The molecule has 0 spiro atoms. The first kappa shape index (κ1) is 17.7. The molecule has 21 heavy (non-hydrogen) atoms. The topological polar surface area (TPSA) is 66.5 Å². The van der Waals surface area contributed by atoms with Crippen molar-refractivity contribution in [2.24, 2.45) is 0 Å². The summed E-state index contributed by atoms with van der Waals surface area (Å²) in [4.78, 5) is 12.0. The standard InChI is InChI=1S/C15H24N2O3S/c1-12-7-6-8-13(11-12)14(18)16-9-10-17(15(2,3)4)21(5,19)20/h6-8,11H,9-10H2,1-5H3,(H,16,18). The molecular formula is C15H24N2O3S. The first-order valence-electron chi connectivity index (χ1n) is 6.84. The molecule has 0 aromatic heterocycles. The summed E-state index contributed by atoms with van der Waals surface area (Å²) in [6, 6.07) is 7.28. The van der Waals surface area contributed by atoms with Gasteiger partial charge in [0.1, 0.15) is 0 Å². The normalized spacial score (nSPS) is 12.5. The van der Waals surface area contributed by atoms with Crippen LogP contribution in [-0.2, 0) is 10.0 Å². The molecule has 0 heterocycles. The predicted molar refractivity (Wildman–Crippen MR) is 84.8 cm³/mol. The van der Waals surface area contributed by atoms with Crippen LogP contribution in [0.3, 0.4) is 0 Å². The van der Waals surface area contributed by atoms with Crippen LogP contribution in [0.2, 0.25) is 0 Å². The fourth-order valence-corrected chi connectivity index (χ4v) is 3.58. The fraction of sp³-hybridized carbons (Fsp3) is 0.533. The second-order valence-corrected chi connectivity index (χ2v) is 8.04. The number of sulfonamides is 1. The van der Waals surface area contributed by atoms with Crippen LogP contribution in [0.25, 0.3) is 0 Å². The highest BCUT2D eigenvalue weighted by molar-refractivity contribution is 7.88.